The molecule has 0 spiro atoms. The maximum atomic E-state index is 11.7. The second kappa shape index (κ2) is 12.5. The Bertz CT molecular complexity index is 594. The first-order valence-corrected chi connectivity index (χ1v) is 14.0. The molecular formula is C25H46O3Si. The van der Waals surface area contributed by atoms with Crippen molar-refractivity contribution in [2.75, 3.05) is 7.11 Å². The van der Waals surface area contributed by atoms with Gasteiger partial charge in [0.1, 0.15) is 0 Å². The van der Waals surface area contributed by atoms with E-state index < -0.39 is 8.32 Å². The summed E-state index contributed by atoms with van der Waals surface area (Å²) in [4.78, 5) is 11.7. The van der Waals surface area contributed by atoms with Crippen LogP contribution >= 0.6 is 0 Å². The van der Waals surface area contributed by atoms with Gasteiger partial charge in [0, 0.05) is 5.57 Å². The zero-order valence-corrected chi connectivity index (χ0v) is 21.9. The van der Waals surface area contributed by atoms with E-state index in [-0.39, 0.29) is 17.1 Å². The summed E-state index contributed by atoms with van der Waals surface area (Å²) in [5.74, 6) is 0.457. The molecule has 0 heterocycles. The summed E-state index contributed by atoms with van der Waals surface area (Å²) in [6, 6.07) is 0. The largest absolute Gasteiger partial charge is 0.466 e. The molecule has 0 amide bonds. The minimum absolute atomic E-state index is 0.222. The minimum Gasteiger partial charge on any atom is -0.466 e. The van der Waals surface area contributed by atoms with E-state index in [4.69, 9.17) is 9.16 Å². The molecule has 0 fully saturated rings. The van der Waals surface area contributed by atoms with Crippen molar-refractivity contribution in [2.24, 2.45) is 11.8 Å². The third-order valence-corrected chi connectivity index (χ3v) is 10.5. The highest BCUT2D eigenvalue weighted by molar-refractivity contribution is 6.74. The van der Waals surface area contributed by atoms with Crippen molar-refractivity contribution in [1.82, 2.24) is 0 Å². The van der Waals surface area contributed by atoms with E-state index in [0.29, 0.717) is 18.3 Å². The lowest BCUT2D eigenvalue weighted by atomic mass is 9.99. The smallest absolute Gasteiger partial charge is 0.333 e. The number of allylic oxidation sites excluding steroid dienone is 4. The third kappa shape index (κ3) is 9.95. The van der Waals surface area contributed by atoms with E-state index in [1.165, 1.54) is 12.7 Å². The normalized spacial score (nSPS) is 17.3. The first-order chi connectivity index (χ1) is 13.3. The van der Waals surface area contributed by atoms with Crippen LogP contribution < -0.4 is 0 Å². The van der Waals surface area contributed by atoms with Crippen LogP contribution in [0.1, 0.15) is 74.7 Å². The fourth-order valence-electron chi connectivity index (χ4n) is 3.04. The molecule has 0 N–H and O–H groups in total. The molecule has 3 atom stereocenters. The van der Waals surface area contributed by atoms with Gasteiger partial charge in [0.05, 0.1) is 13.2 Å². The lowest BCUT2D eigenvalue weighted by Gasteiger charge is -2.40. The number of hydrogen-bond acceptors (Lipinski definition) is 3. The zero-order chi connectivity index (χ0) is 22.8. The van der Waals surface area contributed by atoms with Crippen molar-refractivity contribution in [3.8, 4) is 0 Å². The number of methoxy groups -OCH3 is 1. The van der Waals surface area contributed by atoms with Crippen LogP contribution in [0.3, 0.4) is 0 Å². The summed E-state index contributed by atoms with van der Waals surface area (Å²) in [5.41, 5.74) is 2.01. The fourth-order valence-corrected chi connectivity index (χ4v) is 4.53. The lowest BCUT2D eigenvalue weighted by Crippen LogP contribution is -2.45. The van der Waals surface area contributed by atoms with E-state index in [1.807, 2.05) is 13.0 Å². The molecule has 4 heteroatoms. The van der Waals surface area contributed by atoms with Gasteiger partial charge in [0.15, 0.2) is 8.32 Å². The Balaban J connectivity index is 4.99. The van der Waals surface area contributed by atoms with Crippen molar-refractivity contribution in [1.29, 1.82) is 0 Å². The van der Waals surface area contributed by atoms with Crippen LogP contribution in [0, 0.1) is 11.8 Å². The van der Waals surface area contributed by atoms with E-state index in [1.54, 1.807) is 0 Å². The second-order valence-corrected chi connectivity index (χ2v) is 14.5. The molecule has 0 aliphatic carbocycles. The highest BCUT2D eigenvalue weighted by Gasteiger charge is 2.39. The predicted octanol–water partition coefficient (Wildman–Crippen LogP) is 7.46. The van der Waals surface area contributed by atoms with Crippen molar-refractivity contribution >= 4 is 14.3 Å². The van der Waals surface area contributed by atoms with Gasteiger partial charge in [-0.25, -0.2) is 4.79 Å². The molecule has 29 heavy (non-hydrogen) atoms. The minimum atomic E-state index is -1.77. The Morgan fingerprint density at radius 1 is 1.10 bits per heavy atom. The predicted molar refractivity (Wildman–Crippen MR) is 129 cm³/mol. The van der Waals surface area contributed by atoms with Gasteiger partial charge in [-0.15, -0.1) is 0 Å². The highest BCUT2D eigenvalue weighted by atomic mass is 28.4. The molecule has 0 aromatic heterocycles. The Morgan fingerprint density at radius 3 is 2.14 bits per heavy atom. The summed E-state index contributed by atoms with van der Waals surface area (Å²) in [7, 11) is -0.332. The fraction of sp³-hybridized carbons (Fsp3) is 0.720. The average molecular weight is 423 g/mol. The number of carbonyl (C=O) groups is 1. The SMILES string of the molecule is CC/C(=C/[C@H](C)C/C=C/C(C)=C/[C@@H](C)[C@H](CC)O[Si](C)(C)C(C)(C)C)C(=O)OC. The van der Waals surface area contributed by atoms with E-state index in [2.05, 4.69) is 79.8 Å². The summed E-state index contributed by atoms with van der Waals surface area (Å²) < 4.78 is 11.5. The average Bonchev–Trinajstić information content (AvgIpc) is 2.62. The van der Waals surface area contributed by atoms with Crippen molar-refractivity contribution in [3.05, 3.63) is 35.5 Å². The van der Waals surface area contributed by atoms with Crippen LogP contribution in [0.25, 0.3) is 0 Å². The number of esters is 1. The zero-order valence-electron chi connectivity index (χ0n) is 20.9. The monoisotopic (exact) mass is 422 g/mol. The van der Waals surface area contributed by atoms with E-state index in [0.717, 1.165) is 18.4 Å². The van der Waals surface area contributed by atoms with E-state index >= 15 is 0 Å². The Hall–Kier alpha value is -1.13. The summed E-state index contributed by atoms with van der Waals surface area (Å²) >= 11 is 0. The quantitative estimate of drug-likeness (QED) is 0.150. The Kier molecular flexibility index (Phi) is 12.0. The second-order valence-electron chi connectivity index (χ2n) is 9.75. The van der Waals surface area contributed by atoms with Gasteiger partial charge in [-0.3, -0.25) is 0 Å². The molecule has 168 valence electrons. The Morgan fingerprint density at radius 2 is 1.69 bits per heavy atom. The van der Waals surface area contributed by atoms with Gasteiger partial charge in [0.25, 0.3) is 0 Å². The number of ether oxygens (including phenoxy) is 1. The van der Waals surface area contributed by atoms with Crippen LogP contribution in [0.5, 0.6) is 0 Å². The van der Waals surface area contributed by atoms with Gasteiger partial charge < -0.3 is 9.16 Å². The van der Waals surface area contributed by atoms with Crippen LogP contribution in [0.4, 0.5) is 0 Å². The molecular weight excluding hydrogens is 376 g/mol. The molecule has 0 saturated heterocycles. The first-order valence-electron chi connectivity index (χ1n) is 11.1. The number of rotatable bonds is 11. The molecule has 0 saturated carbocycles. The van der Waals surface area contributed by atoms with Crippen molar-refractivity contribution in [2.45, 2.75) is 98.9 Å². The first kappa shape index (κ1) is 27.9. The molecule has 0 rings (SSSR count). The molecule has 0 aromatic carbocycles. The standard InChI is InChI=1S/C25H46O3Si/c1-12-22(24(26)27-9)18-20(4)16-14-15-19(3)17-21(5)23(13-2)28-29(10,11)25(6,7)8/h14-15,17-18,20-21,23H,12-13,16H2,1-11H3/b15-14+,19-17+,22-18-/t20-,21-,23+/m1/s1. The molecule has 0 unspecified atom stereocenters. The van der Waals surface area contributed by atoms with E-state index in [9.17, 15) is 4.79 Å². The van der Waals surface area contributed by atoms with Crippen LogP contribution in [-0.4, -0.2) is 27.5 Å². The maximum absolute atomic E-state index is 11.7. The van der Waals surface area contributed by atoms with Gasteiger partial charge in [-0.1, -0.05) is 78.3 Å². The number of hydrogen-bond donors (Lipinski definition) is 0. The maximum Gasteiger partial charge on any atom is 0.333 e. The molecule has 0 bridgehead atoms. The van der Waals surface area contributed by atoms with Gasteiger partial charge >= 0.3 is 5.97 Å². The summed E-state index contributed by atoms with van der Waals surface area (Å²) in [5, 5.41) is 0.226. The van der Waals surface area contributed by atoms with Gasteiger partial charge in [0.2, 0.25) is 0 Å². The van der Waals surface area contributed by atoms with Crippen LogP contribution in [0.15, 0.2) is 35.5 Å². The topological polar surface area (TPSA) is 35.5 Å². The van der Waals surface area contributed by atoms with Gasteiger partial charge in [-0.2, -0.15) is 0 Å². The molecule has 0 aliphatic heterocycles. The van der Waals surface area contributed by atoms with Crippen LogP contribution in [-0.2, 0) is 14.0 Å². The molecule has 0 aliphatic rings. The molecule has 3 nitrogen and oxygen atoms in total. The molecule has 0 aromatic rings. The number of carbonyl (C=O) groups excluding carboxylic acids is 1. The van der Waals surface area contributed by atoms with Crippen molar-refractivity contribution in [3.63, 3.8) is 0 Å². The lowest BCUT2D eigenvalue weighted by molar-refractivity contribution is -0.136. The van der Waals surface area contributed by atoms with Gasteiger partial charge in [-0.05, 0) is 56.2 Å². The third-order valence-electron chi connectivity index (χ3n) is 5.97. The summed E-state index contributed by atoms with van der Waals surface area (Å²) in [6.45, 7) is 22.3. The Labute approximate surface area is 181 Å². The van der Waals surface area contributed by atoms with Crippen LogP contribution in [0.2, 0.25) is 18.1 Å². The summed E-state index contributed by atoms with van der Waals surface area (Å²) in [6.07, 6.45) is 11.6. The van der Waals surface area contributed by atoms with Crippen molar-refractivity contribution < 1.29 is 14.0 Å². The molecule has 0 radical (unpaired) electrons. The highest BCUT2D eigenvalue weighted by Crippen LogP contribution is 2.38.